The summed E-state index contributed by atoms with van der Waals surface area (Å²) in [4.78, 5) is 15.8. The molecule has 8 heteroatoms. The Hall–Kier alpha value is -3.44. The minimum absolute atomic E-state index is 0.0179. The van der Waals surface area contributed by atoms with Crippen LogP contribution in [0.3, 0.4) is 0 Å². The van der Waals surface area contributed by atoms with Crippen molar-refractivity contribution in [3.63, 3.8) is 0 Å². The molecule has 0 fully saturated rings. The van der Waals surface area contributed by atoms with Crippen LogP contribution in [0.4, 0.5) is 4.79 Å². The summed E-state index contributed by atoms with van der Waals surface area (Å²) >= 11 is 1.27. The monoisotopic (exact) mass is 420 g/mol. The summed E-state index contributed by atoms with van der Waals surface area (Å²) in [5, 5.41) is 21.8. The molecule has 0 saturated heterocycles. The molecule has 1 amide bonds. The quantitative estimate of drug-likeness (QED) is 0.615. The molecule has 1 heterocycles. The van der Waals surface area contributed by atoms with Gasteiger partial charge in [0.2, 0.25) is 0 Å². The lowest BCUT2D eigenvalue weighted by atomic mass is 10.0. The number of benzene rings is 2. The number of nitriles is 1. The molecular formula is C22H20N4O3S. The van der Waals surface area contributed by atoms with Gasteiger partial charge in [0, 0.05) is 11.1 Å². The highest BCUT2D eigenvalue weighted by molar-refractivity contribution is 7.09. The van der Waals surface area contributed by atoms with Crippen LogP contribution in [0.2, 0.25) is 0 Å². The summed E-state index contributed by atoms with van der Waals surface area (Å²) in [7, 11) is 0. The first-order valence-corrected chi connectivity index (χ1v) is 10.4. The number of hydrogen-bond donors (Lipinski definition) is 2. The molecule has 30 heavy (non-hydrogen) atoms. The van der Waals surface area contributed by atoms with Crippen LogP contribution in [-0.2, 0) is 6.42 Å². The first-order chi connectivity index (χ1) is 14.5. The Morgan fingerprint density at radius 3 is 2.93 bits per heavy atom. The van der Waals surface area contributed by atoms with Gasteiger partial charge in [0.25, 0.3) is 0 Å². The number of nitrogens with zero attached hydrogens (tertiary/aromatic N) is 3. The van der Waals surface area contributed by atoms with Crippen molar-refractivity contribution in [2.45, 2.75) is 38.8 Å². The Labute approximate surface area is 178 Å². The van der Waals surface area contributed by atoms with E-state index in [4.69, 9.17) is 14.8 Å². The van der Waals surface area contributed by atoms with Crippen molar-refractivity contribution in [2.75, 3.05) is 0 Å². The van der Waals surface area contributed by atoms with Gasteiger partial charge in [0.05, 0.1) is 17.7 Å². The molecule has 0 bridgehead atoms. The van der Waals surface area contributed by atoms with E-state index in [0.717, 1.165) is 35.1 Å². The molecule has 3 aromatic rings. The lowest BCUT2D eigenvalue weighted by Gasteiger charge is -2.12. The van der Waals surface area contributed by atoms with E-state index >= 15 is 0 Å². The van der Waals surface area contributed by atoms with Crippen molar-refractivity contribution in [1.82, 2.24) is 14.7 Å². The van der Waals surface area contributed by atoms with E-state index in [-0.39, 0.29) is 12.1 Å². The number of rotatable bonds is 5. The van der Waals surface area contributed by atoms with Gasteiger partial charge in [-0.1, -0.05) is 18.2 Å². The van der Waals surface area contributed by atoms with Crippen LogP contribution in [-0.4, -0.2) is 26.7 Å². The molecule has 2 N–H and O–H groups in total. The van der Waals surface area contributed by atoms with Gasteiger partial charge in [-0.2, -0.15) is 9.64 Å². The van der Waals surface area contributed by atoms with Crippen molar-refractivity contribution in [3.8, 4) is 33.8 Å². The molecule has 1 atom stereocenters. The highest BCUT2D eigenvalue weighted by atomic mass is 32.1. The van der Waals surface area contributed by atoms with E-state index in [1.54, 1.807) is 12.1 Å². The fraction of sp³-hybridized carbons (Fsp3) is 0.273. The largest absolute Gasteiger partial charge is 0.490 e. The maximum absolute atomic E-state index is 11.0. The fourth-order valence-electron chi connectivity index (χ4n) is 3.72. The minimum Gasteiger partial charge on any atom is -0.490 e. The van der Waals surface area contributed by atoms with Crippen LogP contribution < -0.4 is 10.1 Å². The molecular weight excluding hydrogens is 400 g/mol. The number of hydrogen-bond acceptors (Lipinski definition) is 6. The molecule has 0 aliphatic heterocycles. The van der Waals surface area contributed by atoms with Gasteiger partial charge >= 0.3 is 6.09 Å². The summed E-state index contributed by atoms with van der Waals surface area (Å²) in [6, 6.07) is 13.2. The molecule has 152 valence electrons. The molecule has 1 unspecified atom stereocenters. The zero-order valence-electron chi connectivity index (χ0n) is 16.5. The number of carboxylic acid groups (broad SMARTS) is 1. The van der Waals surface area contributed by atoms with E-state index in [9.17, 15) is 10.1 Å². The van der Waals surface area contributed by atoms with E-state index in [2.05, 4.69) is 15.8 Å². The van der Waals surface area contributed by atoms with E-state index in [0.29, 0.717) is 22.1 Å². The third-order valence-electron chi connectivity index (χ3n) is 4.94. The highest BCUT2D eigenvalue weighted by Crippen LogP contribution is 2.38. The summed E-state index contributed by atoms with van der Waals surface area (Å²) in [6.45, 7) is 3.84. The van der Waals surface area contributed by atoms with Crippen molar-refractivity contribution < 1.29 is 14.6 Å². The normalized spacial score (nSPS) is 14.9. The van der Waals surface area contributed by atoms with Gasteiger partial charge in [-0.25, -0.2) is 9.78 Å². The highest BCUT2D eigenvalue weighted by Gasteiger charge is 2.27. The van der Waals surface area contributed by atoms with Crippen molar-refractivity contribution >= 4 is 17.6 Å². The first-order valence-electron chi connectivity index (χ1n) is 9.62. The number of aromatic nitrogens is 2. The molecule has 1 aliphatic rings. The predicted molar refractivity (Wildman–Crippen MR) is 113 cm³/mol. The van der Waals surface area contributed by atoms with E-state index < -0.39 is 6.09 Å². The number of carbonyl (C=O) groups is 1. The van der Waals surface area contributed by atoms with Crippen molar-refractivity contribution in [3.05, 3.63) is 53.1 Å². The molecule has 0 spiro atoms. The van der Waals surface area contributed by atoms with Crippen LogP contribution in [0.15, 0.2) is 36.4 Å². The Kier molecular flexibility index (Phi) is 5.38. The smallest absolute Gasteiger partial charge is 0.405 e. The van der Waals surface area contributed by atoms with Gasteiger partial charge in [0.15, 0.2) is 5.82 Å². The lowest BCUT2D eigenvalue weighted by Crippen LogP contribution is -2.24. The van der Waals surface area contributed by atoms with Crippen molar-refractivity contribution in [2.24, 2.45) is 0 Å². The van der Waals surface area contributed by atoms with Crippen molar-refractivity contribution in [1.29, 1.82) is 5.26 Å². The summed E-state index contributed by atoms with van der Waals surface area (Å²) in [5.41, 5.74) is 4.25. The molecule has 2 aromatic carbocycles. The topological polar surface area (TPSA) is 108 Å². The zero-order chi connectivity index (χ0) is 21.3. The van der Waals surface area contributed by atoms with Gasteiger partial charge < -0.3 is 15.2 Å². The first kappa shape index (κ1) is 19.9. The van der Waals surface area contributed by atoms with Gasteiger partial charge in [0.1, 0.15) is 16.8 Å². The second-order valence-corrected chi connectivity index (χ2v) is 8.08. The Balaban J connectivity index is 1.66. The maximum atomic E-state index is 11.0. The van der Waals surface area contributed by atoms with E-state index in [1.165, 1.54) is 11.5 Å². The molecule has 1 aliphatic carbocycles. The third-order valence-corrected chi connectivity index (χ3v) is 5.71. The summed E-state index contributed by atoms with van der Waals surface area (Å²) in [5.74, 6) is 1.17. The predicted octanol–water partition coefficient (Wildman–Crippen LogP) is 4.79. The van der Waals surface area contributed by atoms with Gasteiger partial charge in [-0.05, 0) is 67.5 Å². The second kappa shape index (κ2) is 8.13. The fourth-order valence-corrected chi connectivity index (χ4v) is 4.39. The number of fused-ring (bicyclic) bond motifs is 1. The SMILES string of the molecule is CC(C)Oc1ccc(-c2nc(-c3cccc4c3CCC4NC(=O)O)ns2)cc1C#N. The molecule has 0 saturated carbocycles. The Bertz CT molecular complexity index is 1150. The zero-order valence-corrected chi connectivity index (χ0v) is 17.4. The maximum Gasteiger partial charge on any atom is 0.405 e. The van der Waals surface area contributed by atoms with Crippen LogP contribution in [0.5, 0.6) is 5.75 Å². The van der Waals surface area contributed by atoms with Gasteiger partial charge in [-0.15, -0.1) is 0 Å². The molecule has 1 aromatic heterocycles. The number of nitrogens with one attached hydrogen (secondary N) is 1. The van der Waals surface area contributed by atoms with Crippen LogP contribution in [0.1, 0.15) is 43.0 Å². The number of amides is 1. The standard InChI is InChI=1S/C22H20N4O3S/c1-12(2)29-19-9-6-13(10-14(19)11-23)21-25-20(26-30-21)17-5-3-4-16-15(17)7-8-18(16)24-22(27)28/h3-6,9-10,12,18,24H,7-8H2,1-2H3,(H,27,28). The average Bonchev–Trinajstić information content (AvgIpc) is 3.35. The molecule has 0 radical (unpaired) electrons. The average molecular weight is 420 g/mol. The minimum atomic E-state index is -1.02. The van der Waals surface area contributed by atoms with Gasteiger partial charge in [-0.3, -0.25) is 0 Å². The van der Waals surface area contributed by atoms with E-state index in [1.807, 2.05) is 38.1 Å². The van der Waals surface area contributed by atoms with Crippen LogP contribution >= 0.6 is 11.5 Å². The summed E-state index contributed by atoms with van der Waals surface area (Å²) < 4.78 is 10.2. The number of ether oxygens (including phenoxy) is 1. The van der Waals surface area contributed by atoms with Crippen LogP contribution in [0.25, 0.3) is 22.0 Å². The Morgan fingerprint density at radius 1 is 1.37 bits per heavy atom. The lowest BCUT2D eigenvalue weighted by molar-refractivity contribution is 0.190. The van der Waals surface area contributed by atoms with Crippen LogP contribution in [0, 0.1) is 11.3 Å². The third kappa shape index (κ3) is 3.84. The Morgan fingerprint density at radius 2 is 2.20 bits per heavy atom. The molecule has 4 rings (SSSR count). The molecule has 7 nitrogen and oxygen atoms in total. The summed E-state index contributed by atoms with van der Waals surface area (Å²) in [6.07, 6.45) is 0.449. The second-order valence-electron chi connectivity index (χ2n) is 7.33.